The van der Waals surface area contributed by atoms with E-state index in [1.54, 1.807) is 0 Å². The van der Waals surface area contributed by atoms with Crippen LogP contribution < -0.4 is 4.90 Å². The van der Waals surface area contributed by atoms with Crippen LogP contribution in [0.2, 0.25) is 0 Å². The van der Waals surface area contributed by atoms with Gasteiger partial charge in [0.25, 0.3) is 0 Å². The van der Waals surface area contributed by atoms with Gasteiger partial charge in [-0.05, 0) is 109 Å². The van der Waals surface area contributed by atoms with Crippen LogP contribution in [0.25, 0.3) is 66.1 Å². The zero-order valence-corrected chi connectivity index (χ0v) is 30.9. The van der Waals surface area contributed by atoms with Crippen LogP contribution in [-0.4, -0.2) is 0 Å². The average molecular weight is 694 g/mol. The van der Waals surface area contributed by atoms with E-state index in [9.17, 15) is 0 Å². The Hall–Kier alpha value is -6.38. The van der Waals surface area contributed by atoms with Crippen molar-refractivity contribution in [2.45, 2.75) is 38.5 Å². The van der Waals surface area contributed by atoms with E-state index in [1.807, 2.05) is 6.07 Å². The quantitative estimate of drug-likeness (QED) is 0.182. The van der Waals surface area contributed by atoms with E-state index in [0.29, 0.717) is 0 Å². The van der Waals surface area contributed by atoms with E-state index in [4.69, 9.17) is 4.42 Å². The van der Waals surface area contributed by atoms with Gasteiger partial charge < -0.3 is 9.32 Å². The zero-order chi connectivity index (χ0) is 36.3. The molecule has 0 N–H and O–H groups in total. The smallest absolute Gasteiger partial charge is 0.136 e. The molecule has 54 heavy (non-hydrogen) atoms. The molecule has 0 spiro atoms. The largest absolute Gasteiger partial charge is 0.456 e. The fraction of sp³-hybridized carbons (Fsp3) is 0.115. The lowest BCUT2D eigenvalue weighted by Gasteiger charge is -2.30. The van der Waals surface area contributed by atoms with E-state index in [2.05, 4.69) is 190 Å². The van der Waals surface area contributed by atoms with Crippen LogP contribution in [0, 0.1) is 0 Å². The molecular formula is C52H39NO. The fourth-order valence-electron chi connectivity index (χ4n) is 9.71. The molecule has 0 fully saturated rings. The second-order valence-electron chi connectivity index (χ2n) is 16.1. The average Bonchev–Trinajstić information content (AvgIpc) is 3.78. The molecule has 0 saturated carbocycles. The maximum absolute atomic E-state index is 6.25. The Morgan fingerprint density at radius 3 is 1.89 bits per heavy atom. The van der Waals surface area contributed by atoms with Crippen LogP contribution >= 0.6 is 0 Å². The molecule has 0 bridgehead atoms. The number of rotatable bonds is 4. The van der Waals surface area contributed by atoms with E-state index in [0.717, 1.165) is 27.9 Å². The van der Waals surface area contributed by atoms with Gasteiger partial charge in [0.2, 0.25) is 0 Å². The maximum Gasteiger partial charge on any atom is 0.136 e. The summed E-state index contributed by atoms with van der Waals surface area (Å²) in [7, 11) is 0. The van der Waals surface area contributed by atoms with Gasteiger partial charge in [-0.25, -0.2) is 0 Å². The summed E-state index contributed by atoms with van der Waals surface area (Å²) in [6, 6.07) is 60.4. The van der Waals surface area contributed by atoms with Crippen LogP contribution in [-0.2, 0) is 10.8 Å². The van der Waals surface area contributed by atoms with Crippen LogP contribution in [0.1, 0.15) is 49.9 Å². The van der Waals surface area contributed by atoms with Crippen molar-refractivity contribution in [1.82, 2.24) is 0 Å². The van der Waals surface area contributed by atoms with Gasteiger partial charge in [0.1, 0.15) is 11.2 Å². The molecule has 9 aromatic rings. The molecule has 2 aliphatic rings. The Kier molecular flexibility index (Phi) is 6.39. The van der Waals surface area contributed by atoms with E-state index < -0.39 is 0 Å². The molecule has 0 atom stereocenters. The highest BCUT2D eigenvalue weighted by Gasteiger charge is 2.39. The van der Waals surface area contributed by atoms with Crippen LogP contribution in [0.4, 0.5) is 17.1 Å². The highest BCUT2D eigenvalue weighted by atomic mass is 16.3. The fourth-order valence-corrected chi connectivity index (χ4v) is 9.71. The molecule has 11 rings (SSSR count). The first-order valence-electron chi connectivity index (χ1n) is 19.0. The summed E-state index contributed by atoms with van der Waals surface area (Å²) >= 11 is 0. The molecule has 1 heterocycles. The van der Waals surface area contributed by atoms with Crippen LogP contribution in [0.5, 0.6) is 0 Å². The molecule has 1 aromatic heterocycles. The normalized spacial score (nSPS) is 14.6. The number of nitrogens with zero attached hydrogens (tertiary/aromatic N) is 1. The van der Waals surface area contributed by atoms with Crippen LogP contribution in [0.15, 0.2) is 168 Å². The van der Waals surface area contributed by atoms with Gasteiger partial charge >= 0.3 is 0 Å². The van der Waals surface area contributed by atoms with Gasteiger partial charge in [0, 0.05) is 38.5 Å². The number of anilines is 3. The molecular weight excluding hydrogens is 655 g/mol. The molecule has 2 nitrogen and oxygen atoms in total. The minimum absolute atomic E-state index is 0.0964. The van der Waals surface area contributed by atoms with Crippen molar-refractivity contribution in [3.8, 4) is 33.4 Å². The highest BCUT2D eigenvalue weighted by Crippen LogP contribution is 2.55. The summed E-state index contributed by atoms with van der Waals surface area (Å²) in [4.78, 5) is 2.49. The van der Waals surface area contributed by atoms with Crippen LogP contribution in [0.3, 0.4) is 0 Å². The van der Waals surface area contributed by atoms with Crippen molar-refractivity contribution in [2.75, 3.05) is 4.90 Å². The van der Waals surface area contributed by atoms with Crippen molar-refractivity contribution >= 4 is 49.8 Å². The van der Waals surface area contributed by atoms with Gasteiger partial charge in [-0.3, -0.25) is 0 Å². The van der Waals surface area contributed by atoms with Gasteiger partial charge in [-0.15, -0.1) is 0 Å². The maximum atomic E-state index is 6.25. The second kappa shape index (κ2) is 11.1. The molecule has 2 aliphatic carbocycles. The lowest BCUT2D eigenvalue weighted by atomic mass is 9.82. The number of fused-ring (bicyclic) bond motifs is 11. The Bertz CT molecular complexity index is 3000. The summed E-state index contributed by atoms with van der Waals surface area (Å²) in [6.07, 6.45) is 0. The summed E-state index contributed by atoms with van der Waals surface area (Å²) in [5.74, 6) is 0. The predicted octanol–water partition coefficient (Wildman–Crippen LogP) is 14.5. The topological polar surface area (TPSA) is 16.4 Å². The predicted molar refractivity (Wildman–Crippen MR) is 226 cm³/mol. The lowest BCUT2D eigenvalue weighted by Crippen LogP contribution is -2.17. The molecule has 0 amide bonds. The third-order valence-corrected chi connectivity index (χ3v) is 12.5. The zero-order valence-electron chi connectivity index (χ0n) is 30.9. The third kappa shape index (κ3) is 4.28. The van der Waals surface area contributed by atoms with E-state index >= 15 is 0 Å². The van der Waals surface area contributed by atoms with Gasteiger partial charge in [0.05, 0.1) is 5.69 Å². The SMILES string of the molecule is CC1(C)c2ccccc2-c2ccc(N(c3ccc(-c4ccc5ccc6oc7ccccc7c6c5c4)cc3)c3cccc4c3-c3ccccc3C4(C)C)cc21. The lowest BCUT2D eigenvalue weighted by molar-refractivity contribution is 0.660. The van der Waals surface area contributed by atoms with Crippen molar-refractivity contribution in [3.05, 3.63) is 186 Å². The van der Waals surface area contributed by atoms with Gasteiger partial charge in [0.15, 0.2) is 0 Å². The molecule has 0 aliphatic heterocycles. The van der Waals surface area contributed by atoms with Crippen molar-refractivity contribution in [3.63, 3.8) is 0 Å². The Morgan fingerprint density at radius 1 is 0.426 bits per heavy atom. The van der Waals surface area contributed by atoms with Crippen molar-refractivity contribution < 1.29 is 4.42 Å². The van der Waals surface area contributed by atoms with Crippen molar-refractivity contribution in [2.24, 2.45) is 0 Å². The monoisotopic (exact) mass is 693 g/mol. The van der Waals surface area contributed by atoms with Gasteiger partial charge in [-0.1, -0.05) is 143 Å². The Labute approximate surface area is 315 Å². The molecule has 0 saturated heterocycles. The second-order valence-corrected chi connectivity index (χ2v) is 16.1. The molecule has 0 radical (unpaired) electrons. The minimum Gasteiger partial charge on any atom is -0.456 e. The number of furan rings is 1. The summed E-state index contributed by atoms with van der Waals surface area (Å²) < 4.78 is 6.25. The summed E-state index contributed by atoms with van der Waals surface area (Å²) in [6.45, 7) is 9.45. The van der Waals surface area contributed by atoms with Gasteiger partial charge in [-0.2, -0.15) is 0 Å². The standard InChI is InChI=1S/C52H39NO/c1-51(2)43-16-9-6-13-39(43)50-44(51)17-11-18-46(50)53(36-27-28-38-37-12-5-8-15-42(37)52(3,4)45(38)31-36)35-25-22-32(23-26-35)34-21-20-33-24-29-48-49(41(33)30-34)40-14-7-10-19-47(40)54-48/h5-31H,1-4H3. The first-order chi connectivity index (χ1) is 26.3. The number of hydrogen-bond donors (Lipinski definition) is 0. The first kappa shape index (κ1) is 31.2. The third-order valence-electron chi connectivity index (χ3n) is 12.5. The highest BCUT2D eigenvalue weighted by molar-refractivity contribution is 6.19. The number of benzene rings is 8. The number of hydrogen-bond acceptors (Lipinski definition) is 2. The summed E-state index contributed by atoms with van der Waals surface area (Å²) in [5.41, 5.74) is 18.3. The molecule has 258 valence electrons. The number of para-hydroxylation sites is 1. The van der Waals surface area contributed by atoms with Crippen molar-refractivity contribution in [1.29, 1.82) is 0 Å². The summed E-state index contributed by atoms with van der Waals surface area (Å²) in [5, 5.41) is 4.75. The van der Waals surface area contributed by atoms with E-state index in [1.165, 1.54) is 77.5 Å². The first-order valence-corrected chi connectivity index (χ1v) is 19.0. The minimum atomic E-state index is -0.105. The Morgan fingerprint density at radius 2 is 1.06 bits per heavy atom. The molecule has 0 unspecified atom stereocenters. The molecule has 2 heteroatoms. The van der Waals surface area contributed by atoms with E-state index in [-0.39, 0.29) is 10.8 Å². The molecule has 8 aromatic carbocycles. The Balaban J connectivity index is 1.09.